The summed E-state index contributed by atoms with van der Waals surface area (Å²) < 4.78 is 10.4. The molecular weight excluding hydrogens is 222 g/mol. The molecule has 1 aromatic heterocycles. The average Bonchev–Trinajstić information content (AvgIpc) is 2.83. The Kier molecular flexibility index (Phi) is 3.27. The van der Waals surface area contributed by atoms with Crippen molar-refractivity contribution in [2.24, 2.45) is 4.99 Å². The van der Waals surface area contributed by atoms with Crippen molar-refractivity contribution in [2.45, 2.75) is 6.92 Å². The Balaban J connectivity index is 2.35. The van der Waals surface area contributed by atoms with Gasteiger partial charge in [-0.1, -0.05) is 0 Å². The van der Waals surface area contributed by atoms with Crippen molar-refractivity contribution < 1.29 is 9.47 Å². The molecule has 0 aromatic carbocycles. The second-order valence-electron chi connectivity index (χ2n) is 3.45. The summed E-state index contributed by atoms with van der Waals surface area (Å²) >= 11 is 0. The summed E-state index contributed by atoms with van der Waals surface area (Å²) in [5.41, 5.74) is 0.578. The number of methoxy groups -OCH3 is 2. The molecule has 0 bridgehead atoms. The summed E-state index contributed by atoms with van der Waals surface area (Å²) in [6.07, 6.45) is 0. The maximum Gasteiger partial charge on any atom is 0.245 e. The third-order valence-corrected chi connectivity index (χ3v) is 2.26. The molecule has 7 nitrogen and oxygen atoms in total. The van der Waals surface area contributed by atoms with Crippen LogP contribution in [0.15, 0.2) is 4.99 Å². The first-order valence-electron chi connectivity index (χ1n) is 5.26. The van der Waals surface area contributed by atoms with Crippen LogP contribution in [0.5, 0.6) is 11.8 Å². The smallest absolute Gasteiger partial charge is 0.245 e. The van der Waals surface area contributed by atoms with E-state index in [0.717, 1.165) is 13.1 Å². The molecule has 0 spiro atoms. The first-order valence-corrected chi connectivity index (χ1v) is 5.26. The number of hydrogen-bond acceptors (Lipinski definition) is 7. The molecule has 0 radical (unpaired) electrons. The van der Waals surface area contributed by atoms with Crippen LogP contribution in [0.2, 0.25) is 0 Å². The topological polar surface area (TPSA) is 80.7 Å². The molecule has 0 aliphatic carbocycles. The van der Waals surface area contributed by atoms with Gasteiger partial charge in [0.2, 0.25) is 11.8 Å². The number of hydrogen-bond donors (Lipinski definition) is 2. The standard InChI is InChI=1S/C10H15N5O2/c1-6-13-8(16-2)7(9(14-6)17-3)15-10-11-4-5-12-10/h4-5H2,1-3H3,(H2,11,12,15). The van der Waals surface area contributed by atoms with Gasteiger partial charge in [0.1, 0.15) is 5.82 Å². The molecule has 2 rings (SSSR count). The molecule has 17 heavy (non-hydrogen) atoms. The van der Waals surface area contributed by atoms with E-state index in [0.29, 0.717) is 29.2 Å². The van der Waals surface area contributed by atoms with Crippen LogP contribution in [0.4, 0.5) is 5.69 Å². The predicted molar refractivity (Wildman–Crippen MR) is 63.8 cm³/mol. The fraction of sp³-hybridized carbons (Fsp3) is 0.500. The molecule has 0 unspecified atom stereocenters. The van der Waals surface area contributed by atoms with Gasteiger partial charge in [0.15, 0.2) is 11.6 Å². The predicted octanol–water partition coefficient (Wildman–Crippen LogP) is 0.173. The number of nitrogens with zero attached hydrogens (tertiary/aromatic N) is 3. The SMILES string of the molecule is COc1nc(C)nc(OC)c1NC1=NCCN1. The summed E-state index contributed by atoms with van der Waals surface area (Å²) in [4.78, 5) is 12.6. The Morgan fingerprint density at radius 3 is 2.29 bits per heavy atom. The highest BCUT2D eigenvalue weighted by molar-refractivity contribution is 5.96. The molecular formula is C10H15N5O2. The van der Waals surface area contributed by atoms with E-state index >= 15 is 0 Å². The lowest BCUT2D eigenvalue weighted by Crippen LogP contribution is -2.27. The van der Waals surface area contributed by atoms with Crippen molar-refractivity contribution in [3.05, 3.63) is 5.82 Å². The van der Waals surface area contributed by atoms with Crippen molar-refractivity contribution in [1.82, 2.24) is 15.3 Å². The summed E-state index contributed by atoms with van der Waals surface area (Å²) in [6.45, 7) is 3.35. The Bertz CT molecular complexity index is 421. The van der Waals surface area contributed by atoms with Crippen LogP contribution in [0, 0.1) is 6.92 Å². The van der Waals surface area contributed by atoms with Crippen molar-refractivity contribution in [3.8, 4) is 11.8 Å². The fourth-order valence-corrected chi connectivity index (χ4v) is 1.52. The first-order chi connectivity index (χ1) is 8.24. The van der Waals surface area contributed by atoms with Gasteiger partial charge in [-0.05, 0) is 6.92 Å². The van der Waals surface area contributed by atoms with Crippen LogP contribution in [0.1, 0.15) is 5.82 Å². The summed E-state index contributed by atoms with van der Waals surface area (Å²) in [5.74, 6) is 2.14. The van der Waals surface area contributed by atoms with Gasteiger partial charge in [0.25, 0.3) is 0 Å². The lowest BCUT2D eigenvalue weighted by atomic mass is 10.4. The molecule has 1 aliphatic heterocycles. The van der Waals surface area contributed by atoms with Crippen LogP contribution >= 0.6 is 0 Å². The number of guanidine groups is 1. The van der Waals surface area contributed by atoms with E-state index in [2.05, 4.69) is 25.6 Å². The van der Waals surface area contributed by atoms with Gasteiger partial charge in [-0.2, -0.15) is 9.97 Å². The number of aromatic nitrogens is 2. The van der Waals surface area contributed by atoms with Gasteiger partial charge in [0, 0.05) is 6.54 Å². The van der Waals surface area contributed by atoms with Crippen molar-refractivity contribution in [3.63, 3.8) is 0 Å². The van der Waals surface area contributed by atoms with Crippen molar-refractivity contribution in [2.75, 3.05) is 32.6 Å². The number of anilines is 1. The van der Waals surface area contributed by atoms with Gasteiger partial charge in [-0.25, -0.2) is 0 Å². The second-order valence-corrected chi connectivity index (χ2v) is 3.45. The minimum absolute atomic E-state index is 0.436. The molecule has 0 atom stereocenters. The third-order valence-electron chi connectivity index (χ3n) is 2.26. The maximum atomic E-state index is 5.20. The number of rotatable bonds is 3. The first kappa shape index (κ1) is 11.4. The lowest BCUT2D eigenvalue weighted by molar-refractivity contribution is 0.374. The molecule has 1 aromatic rings. The van der Waals surface area contributed by atoms with Crippen molar-refractivity contribution >= 4 is 11.6 Å². The molecule has 1 aliphatic rings. The quantitative estimate of drug-likeness (QED) is 0.780. The van der Waals surface area contributed by atoms with E-state index in [-0.39, 0.29) is 0 Å². The van der Waals surface area contributed by atoms with Gasteiger partial charge in [-0.3, -0.25) is 4.99 Å². The van der Waals surface area contributed by atoms with Crippen LogP contribution in [0.25, 0.3) is 0 Å². The van der Waals surface area contributed by atoms with E-state index < -0.39 is 0 Å². The van der Waals surface area contributed by atoms with Gasteiger partial charge < -0.3 is 20.1 Å². The van der Waals surface area contributed by atoms with Crippen LogP contribution < -0.4 is 20.1 Å². The number of aryl methyl sites for hydroxylation is 1. The van der Waals surface area contributed by atoms with Gasteiger partial charge in [-0.15, -0.1) is 0 Å². The van der Waals surface area contributed by atoms with Crippen LogP contribution in [-0.4, -0.2) is 43.2 Å². The monoisotopic (exact) mass is 237 g/mol. The van der Waals surface area contributed by atoms with E-state index in [1.54, 1.807) is 21.1 Å². The van der Waals surface area contributed by atoms with Crippen LogP contribution in [-0.2, 0) is 0 Å². The number of ether oxygens (including phenoxy) is 2. The normalized spacial score (nSPS) is 13.9. The zero-order valence-corrected chi connectivity index (χ0v) is 10.1. The van der Waals surface area contributed by atoms with Crippen LogP contribution in [0.3, 0.4) is 0 Å². The molecule has 7 heteroatoms. The summed E-state index contributed by atoms with van der Waals surface area (Å²) in [6, 6.07) is 0. The molecule has 0 saturated heterocycles. The molecule has 0 fully saturated rings. The molecule has 2 N–H and O–H groups in total. The van der Waals surface area contributed by atoms with E-state index in [9.17, 15) is 0 Å². The molecule has 2 heterocycles. The minimum Gasteiger partial charge on any atom is -0.479 e. The zero-order chi connectivity index (χ0) is 12.3. The highest BCUT2D eigenvalue weighted by Crippen LogP contribution is 2.30. The average molecular weight is 237 g/mol. The lowest BCUT2D eigenvalue weighted by Gasteiger charge is -2.13. The highest BCUT2D eigenvalue weighted by atomic mass is 16.5. The Morgan fingerprint density at radius 2 is 1.82 bits per heavy atom. The Hall–Kier alpha value is -2.05. The summed E-state index contributed by atoms with van der Waals surface area (Å²) in [7, 11) is 3.10. The fourth-order valence-electron chi connectivity index (χ4n) is 1.52. The Morgan fingerprint density at radius 1 is 1.18 bits per heavy atom. The van der Waals surface area contributed by atoms with Crippen molar-refractivity contribution in [1.29, 1.82) is 0 Å². The largest absolute Gasteiger partial charge is 0.479 e. The maximum absolute atomic E-state index is 5.20. The van der Waals surface area contributed by atoms with Gasteiger partial charge in [0.05, 0.1) is 20.8 Å². The zero-order valence-electron chi connectivity index (χ0n) is 10.1. The third kappa shape index (κ3) is 2.38. The highest BCUT2D eigenvalue weighted by Gasteiger charge is 2.17. The van der Waals surface area contributed by atoms with E-state index in [1.165, 1.54) is 0 Å². The Labute approximate surface area is 99.3 Å². The van der Waals surface area contributed by atoms with E-state index in [1.807, 2.05) is 0 Å². The molecule has 92 valence electrons. The minimum atomic E-state index is 0.436. The van der Waals surface area contributed by atoms with E-state index in [4.69, 9.17) is 9.47 Å². The number of aliphatic imine (C=N–C) groups is 1. The van der Waals surface area contributed by atoms with Gasteiger partial charge >= 0.3 is 0 Å². The number of nitrogens with one attached hydrogen (secondary N) is 2. The molecule has 0 saturated carbocycles. The molecule has 0 amide bonds. The second kappa shape index (κ2) is 4.86. The summed E-state index contributed by atoms with van der Waals surface area (Å²) in [5, 5.41) is 6.17.